The van der Waals surface area contributed by atoms with E-state index in [-0.39, 0.29) is 23.9 Å². The summed E-state index contributed by atoms with van der Waals surface area (Å²) in [5.74, 6) is 0.501. The van der Waals surface area contributed by atoms with Crippen LogP contribution in [0.2, 0.25) is 5.02 Å². The summed E-state index contributed by atoms with van der Waals surface area (Å²) in [5.41, 5.74) is 8.12. The summed E-state index contributed by atoms with van der Waals surface area (Å²) >= 11 is 6.11. The van der Waals surface area contributed by atoms with Gasteiger partial charge in [0.15, 0.2) is 5.56 Å². The summed E-state index contributed by atoms with van der Waals surface area (Å²) < 4.78 is 7.24. The minimum absolute atomic E-state index is 0.214. The second kappa shape index (κ2) is 7.07. The number of ether oxygens (including phenoxy) is 1. The van der Waals surface area contributed by atoms with Crippen molar-refractivity contribution in [3.8, 4) is 11.9 Å². The Labute approximate surface area is 144 Å². The van der Waals surface area contributed by atoms with E-state index in [1.165, 1.54) is 0 Å². The van der Waals surface area contributed by atoms with Crippen LogP contribution in [-0.4, -0.2) is 9.78 Å². The lowest BCUT2D eigenvalue weighted by Crippen LogP contribution is -2.06. The number of aromatic nitrogens is 2. The highest BCUT2D eigenvalue weighted by atomic mass is 35.5. The van der Waals surface area contributed by atoms with E-state index in [0.29, 0.717) is 11.6 Å². The molecule has 24 heavy (non-hydrogen) atoms. The van der Waals surface area contributed by atoms with E-state index in [1.807, 2.05) is 48.5 Å². The number of nitrogens with two attached hydrogens (primary N) is 1. The van der Waals surface area contributed by atoms with Crippen LogP contribution >= 0.6 is 11.6 Å². The van der Waals surface area contributed by atoms with Crippen LogP contribution in [0.3, 0.4) is 0 Å². The van der Waals surface area contributed by atoms with Crippen LogP contribution in [-0.2, 0) is 13.2 Å². The van der Waals surface area contributed by atoms with E-state index >= 15 is 0 Å². The summed E-state index contributed by atoms with van der Waals surface area (Å²) in [7, 11) is 0. The summed E-state index contributed by atoms with van der Waals surface area (Å²) in [6.45, 7) is 0.687. The minimum Gasteiger partial charge on any atom is -0.471 e. The topological polar surface area (TPSA) is 76.9 Å². The maximum Gasteiger partial charge on any atom is 0.253 e. The molecule has 0 fully saturated rings. The Hall–Kier alpha value is -2.97. The van der Waals surface area contributed by atoms with Gasteiger partial charge in [0.2, 0.25) is 0 Å². The van der Waals surface area contributed by atoms with Gasteiger partial charge in [0.25, 0.3) is 5.88 Å². The van der Waals surface area contributed by atoms with Crippen molar-refractivity contribution in [1.82, 2.24) is 9.78 Å². The van der Waals surface area contributed by atoms with E-state index in [0.717, 1.165) is 11.1 Å². The Bertz CT molecular complexity index is 884. The number of benzene rings is 2. The number of halogens is 1. The van der Waals surface area contributed by atoms with Gasteiger partial charge >= 0.3 is 0 Å². The van der Waals surface area contributed by atoms with Crippen LogP contribution in [0.15, 0.2) is 54.6 Å². The predicted molar refractivity (Wildman–Crippen MR) is 92.7 cm³/mol. The zero-order valence-corrected chi connectivity index (χ0v) is 13.6. The molecule has 0 bridgehead atoms. The van der Waals surface area contributed by atoms with Gasteiger partial charge in [-0.2, -0.15) is 5.26 Å². The first-order valence-electron chi connectivity index (χ1n) is 7.35. The maximum atomic E-state index is 9.34. The average Bonchev–Trinajstić information content (AvgIpc) is 2.90. The molecule has 0 amide bonds. The molecule has 0 aliphatic heterocycles. The number of nitrogens with zero attached hydrogens (tertiary/aromatic N) is 3. The molecule has 0 unspecified atom stereocenters. The van der Waals surface area contributed by atoms with Gasteiger partial charge < -0.3 is 10.5 Å². The molecule has 3 aromatic rings. The number of hydrogen-bond donors (Lipinski definition) is 1. The first-order valence-corrected chi connectivity index (χ1v) is 7.73. The van der Waals surface area contributed by atoms with Crippen LogP contribution in [0, 0.1) is 11.3 Å². The highest BCUT2D eigenvalue weighted by Crippen LogP contribution is 2.25. The molecular formula is C18H15ClN4O. The highest BCUT2D eigenvalue weighted by molar-refractivity contribution is 6.31. The molecule has 5 nitrogen and oxygen atoms in total. The zero-order valence-electron chi connectivity index (χ0n) is 12.8. The standard InChI is InChI=1S/C18H15ClN4O/c19-16-9-5-4-8-14(16)12-24-18-15(10-20)17(21)23(22-18)11-13-6-2-1-3-7-13/h1-9H,11-12,21H2. The van der Waals surface area contributed by atoms with Crippen molar-refractivity contribution in [3.05, 3.63) is 76.3 Å². The molecule has 3 rings (SSSR count). The molecule has 0 spiro atoms. The lowest BCUT2D eigenvalue weighted by atomic mass is 10.2. The van der Waals surface area contributed by atoms with Gasteiger partial charge in [-0.25, -0.2) is 4.68 Å². The lowest BCUT2D eigenvalue weighted by molar-refractivity contribution is 0.289. The van der Waals surface area contributed by atoms with Crippen molar-refractivity contribution < 1.29 is 4.74 Å². The van der Waals surface area contributed by atoms with Gasteiger partial charge in [-0.1, -0.05) is 60.1 Å². The second-order valence-electron chi connectivity index (χ2n) is 5.20. The van der Waals surface area contributed by atoms with E-state index in [1.54, 1.807) is 10.7 Å². The van der Waals surface area contributed by atoms with Crippen molar-refractivity contribution in [3.63, 3.8) is 0 Å². The number of nitrogen functional groups attached to an aromatic ring is 1. The van der Waals surface area contributed by atoms with Crippen molar-refractivity contribution in [1.29, 1.82) is 5.26 Å². The first kappa shape index (κ1) is 15.9. The van der Waals surface area contributed by atoms with Crippen LogP contribution < -0.4 is 10.5 Å². The third-order valence-electron chi connectivity index (χ3n) is 3.57. The van der Waals surface area contributed by atoms with Crippen molar-refractivity contribution in [2.75, 3.05) is 5.73 Å². The SMILES string of the molecule is N#Cc1c(OCc2ccccc2Cl)nn(Cc2ccccc2)c1N. The molecule has 0 aliphatic carbocycles. The smallest absolute Gasteiger partial charge is 0.253 e. The van der Waals surface area contributed by atoms with Gasteiger partial charge in [-0.3, -0.25) is 0 Å². The van der Waals surface area contributed by atoms with E-state index in [2.05, 4.69) is 11.2 Å². The monoisotopic (exact) mass is 338 g/mol. The summed E-state index contributed by atoms with van der Waals surface area (Å²) in [6, 6.07) is 19.2. The molecule has 0 saturated heterocycles. The molecule has 0 radical (unpaired) electrons. The molecule has 2 N–H and O–H groups in total. The van der Waals surface area contributed by atoms with Crippen LogP contribution in [0.1, 0.15) is 16.7 Å². The maximum absolute atomic E-state index is 9.34. The zero-order chi connectivity index (χ0) is 16.9. The number of nitriles is 1. The highest BCUT2D eigenvalue weighted by Gasteiger charge is 2.17. The summed E-state index contributed by atoms with van der Waals surface area (Å²) in [6.07, 6.45) is 0. The number of rotatable bonds is 5. The molecule has 1 heterocycles. The Kier molecular flexibility index (Phi) is 4.69. The van der Waals surface area contributed by atoms with E-state index in [9.17, 15) is 5.26 Å². The third-order valence-corrected chi connectivity index (χ3v) is 3.94. The second-order valence-corrected chi connectivity index (χ2v) is 5.61. The Morgan fingerprint density at radius 2 is 1.83 bits per heavy atom. The van der Waals surface area contributed by atoms with Crippen molar-refractivity contribution >= 4 is 17.4 Å². The average molecular weight is 339 g/mol. The molecule has 0 aliphatic rings. The summed E-state index contributed by atoms with van der Waals surface area (Å²) in [5, 5.41) is 14.3. The molecule has 6 heteroatoms. The molecule has 120 valence electrons. The Morgan fingerprint density at radius 3 is 2.54 bits per heavy atom. The summed E-state index contributed by atoms with van der Waals surface area (Å²) in [4.78, 5) is 0. The van der Waals surface area contributed by atoms with Crippen molar-refractivity contribution in [2.24, 2.45) is 0 Å². The minimum atomic E-state index is 0.214. The molecule has 2 aromatic carbocycles. The van der Waals surface area contributed by atoms with Gasteiger partial charge in [0.05, 0.1) is 6.54 Å². The lowest BCUT2D eigenvalue weighted by Gasteiger charge is -2.05. The van der Waals surface area contributed by atoms with Gasteiger partial charge in [-0.05, 0) is 11.6 Å². The van der Waals surface area contributed by atoms with E-state index in [4.69, 9.17) is 22.1 Å². The van der Waals surface area contributed by atoms with E-state index < -0.39 is 0 Å². The Balaban J connectivity index is 1.82. The molecule has 1 aromatic heterocycles. The molecule has 0 saturated carbocycles. The predicted octanol–water partition coefficient (Wildman–Crippen LogP) is 3.62. The largest absolute Gasteiger partial charge is 0.471 e. The quantitative estimate of drug-likeness (QED) is 0.770. The van der Waals surface area contributed by atoms with Crippen LogP contribution in [0.5, 0.6) is 5.88 Å². The van der Waals surface area contributed by atoms with Crippen LogP contribution in [0.25, 0.3) is 0 Å². The van der Waals surface area contributed by atoms with Crippen LogP contribution in [0.4, 0.5) is 5.82 Å². The molecule has 0 atom stereocenters. The third kappa shape index (κ3) is 3.34. The number of hydrogen-bond acceptors (Lipinski definition) is 4. The number of anilines is 1. The van der Waals surface area contributed by atoms with Gasteiger partial charge in [0, 0.05) is 10.6 Å². The van der Waals surface area contributed by atoms with Gasteiger partial charge in [0.1, 0.15) is 18.5 Å². The fourth-order valence-corrected chi connectivity index (χ4v) is 2.49. The Morgan fingerprint density at radius 1 is 1.12 bits per heavy atom. The molecular weight excluding hydrogens is 324 g/mol. The fourth-order valence-electron chi connectivity index (χ4n) is 2.30. The normalized spacial score (nSPS) is 10.3. The first-order chi connectivity index (χ1) is 11.7. The van der Waals surface area contributed by atoms with Crippen molar-refractivity contribution in [2.45, 2.75) is 13.2 Å². The fraction of sp³-hybridized carbons (Fsp3) is 0.111. The van der Waals surface area contributed by atoms with Gasteiger partial charge in [-0.15, -0.1) is 5.10 Å².